The number of anilines is 1. The standard InChI is InChI=1S/C14H21N/c1-5-11-7-8-13-12(6-2)10(3)15(4)14(13)9-11/h7-10,12H,5-6H2,1-4H3. The molecule has 1 aromatic carbocycles. The molecule has 0 aliphatic carbocycles. The van der Waals surface area contributed by atoms with Crippen LogP contribution in [0, 0.1) is 0 Å². The predicted molar refractivity (Wildman–Crippen MR) is 66.7 cm³/mol. The second kappa shape index (κ2) is 3.88. The summed E-state index contributed by atoms with van der Waals surface area (Å²) >= 11 is 0. The largest absolute Gasteiger partial charge is 0.371 e. The molecular weight excluding hydrogens is 182 g/mol. The van der Waals surface area contributed by atoms with E-state index in [2.05, 4.69) is 50.9 Å². The highest BCUT2D eigenvalue weighted by Gasteiger charge is 2.31. The first kappa shape index (κ1) is 10.5. The highest BCUT2D eigenvalue weighted by molar-refractivity contribution is 5.62. The van der Waals surface area contributed by atoms with E-state index in [0.717, 1.165) is 12.3 Å². The second-order valence-electron chi connectivity index (χ2n) is 4.61. The number of nitrogens with zero attached hydrogens (tertiary/aromatic N) is 1. The first-order chi connectivity index (χ1) is 7.19. The van der Waals surface area contributed by atoms with E-state index in [1.54, 1.807) is 5.56 Å². The molecule has 0 fully saturated rings. The number of rotatable bonds is 2. The summed E-state index contributed by atoms with van der Waals surface area (Å²) in [6.07, 6.45) is 2.37. The highest BCUT2D eigenvalue weighted by Crippen LogP contribution is 2.41. The van der Waals surface area contributed by atoms with Crippen molar-refractivity contribution in [3.05, 3.63) is 29.3 Å². The fourth-order valence-electron chi connectivity index (χ4n) is 2.74. The lowest BCUT2D eigenvalue weighted by Crippen LogP contribution is -2.26. The topological polar surface area (TPSA) is 3.24 Å². The molecule has 0 N–H and O–H groups in total. The SMILES string of the molecule is CCc1ccc2c(c1)N(C)C(C)C2CC. The number of fused-ring (bicyclic) bond motifs is 1. The number of hydrogen-bond donors (Lipinski definition) is 0. The smallest absolute Gasteiger partial charge is 0.0405 e. The van der Waals surface area contributed by atoms with Gasteiger partial charge in [0, 0.05) is 24.7 Å². The molecule has 1 heteroatoms. The molecule has 2 unspecified atom stereocenters. The van der Waals surface area contributed by atoms with Gasteiger partial charge in [-0.1, -0.05) is 26.0 Å². The zero-order valence-corrected chi connectivity index (χ0v) is 10.2. The van der Waals surface area contributed by atoms with Crippen LogP contribution < -0.4 is 4.90 Å². The van der Waals surface area contributed by atoms with E-state index < -0.39 is 0 Å². The summed E-state index contributed by atoms with van der Waals surface area (Å²) in [5.74, 6) is 0.718. The third-order valence-corrected chi connectivity index (χ3v) is 3.92. The molecule has 0 saturated carbocycles. The van der Waals surface area contributed by atoms with Crippen molar-refractivity contribution in [1.29, 1.82) is 0 Å². The van der Waals surface area contributed by atoms with E-state index in [1.165, 1.54) is 17.7 Å². The Balaban J connectivity index is 2.45. The van der Waals surface area contributed by atoms with Gasteiger partial charge >= 0.3 is 0 Å². The van der Waals surface area contributed by atoms with Gasteiger partial charge in [-0.3, -0.25) is 0 Å². The van der Waals surface area contributed by atoms with Gasteiger partial charge in [-0.2, -0.15) is 0 Å². The molecule has 0 radical (unpaired) electrons. The van der Waals surface area contributed by atoms with Crippen LogP contribution in [0.15, 0.2) is 18.2 Å². The Kier molecular flexibility index (Phi) is 2.72. The van der Waals surface area contributed by atoms with Crippen LogP contribution in [-0.4, -0.2) is 13.1 Å². The molecule has 2 atom stereocenters. The molecule has 0 saturated heterocycles. The molecule has 0 spiro atoms. The number of benzene rings is 1. The van der Waals surface area contributed by atoms with Gasteiger partial charge in [0.25, 0.3) is 0 Å². The predicted octanol–water partition coefficient (Wildman–Crippen LogP) is 3.58. The maximum absolute atomic E-state index is 2.43. The van der Waals surface area contributed by atoms with Crippen LogP contribution in [0.1, 0.15) is 44.2 Å². The molecule has 0 amide bonds. The molecule has 0 bridgehead atoms. The second-order valence-corrected chi connectivity index (χ2v) is 4.61. The zero-order valence-electron chi connectivity index (χ0n) is 10.2. The Morgan fingerprint density at radius 1 is 1.27 bits per heavy atom. The summed E-state index contributed by atoms with van der Waals surface area (Å²) in [4.78, 5) is 2.43. The van der Waals surface area contributed by atoms with Crippen molar-refractivity contribution in [2.45, 2.75) is 45.6 Å². The van der Waals surface area contributed by atoms with Crippen molar-refractivity contribution >= 4 is 5.69 Å². The van der Waals surface area contributed by atoms with Crippen LogP contribution >= 0.6 is 0 Å². The molecule has 0 aromatic heterocycles. The Morgan fingerprint density at radius 2 is 2.00 bits per heavy atom. The molecule has 82 valence electrons. The normalized spacial score (nSPS) is 24.4. The Hall–Kier alpha value is -0.980. The first-order valence-electron chi connectivity index (χ1n) is 6.04. The summed E-state index contributed by atoms with van der Waals surface area (Å²) in [6.45, 7) is 6.84. The van der Waals surface area contributed by atoms with Crippen molar-refractivity contribution in [1.82, 2.24) is 0 Å². The van der Waals surface area contributed by atoms with Gasteiger partial charge in [-0.05, 0) is 37.0 Å². The summed E-state index contributed by atoms with van der Waals surface area (Å²) in [6, 6.07) is 7.63. The van der Waals surface area contributed by atoms with Crippen molar-refractivity contribution in [3.63, 3.8) is 0 Å². The quantitative estimate of drug-likeness (QED) is 0.710. The molecular formula is C14H21N. The van der Waals surface area contributed by atoms with E-state index in [9.17, 15) is 0 Å². The summed E-state index contributed by atoms with van der Waals surface area (Å²) in [7, 11) is 2.22. The third kappa shape index (κ3) is 1.54. The number of likely N-dealkylation sites (N-methyl/N-ethyl adjacent to an activating group) is 1. The highest BCUT2D eigenvalue weighted by atomic mass is 15.2. The van der Waals surface area contributed by atoms with Crippen LogP contribution in [0.2, 0.25) is 0 Å². The third-order valence-electron chi connectivity index (χ3n) is 3.92. The van der Waals surface area contributed by atoms with Gasteiger partial charge in [-0.15, -0.1) is 0 Å². The van der Waals surface area contributed by atoms with Crippen molar-refractivity contribution in [3.8, 4) is 0 Å². The van der Waals surface area contributed by atoms with Gasteiger partial charge in [0.1, 0.15) is 0 Å². The monoisotopic (exact) mass is 203 g/mol. The number of hydrogen-bond acceptors (Lipinski definition) is 1. The lowest BCUT2D eigenvalue weighted by molar-refractivity contribution is 0.568. The van der Waals surface area contributed by atoms with E-state index in [0.29, 0.717) is 6.04 Å². The molecule has 1 nitrogen and oxygen atoms in total. The van der Waals surface area contributed by atoms with Gasteiger partial charge in [0.05, 0.1) is 0 Å². The fraction of sp³-hybridized carbons (Fsp3) is 0.571. The molecule has 1 aromatic rings. The van der Waals surface area contributed by atoms with Gasteiger partial charge in [0.2, 0.25) is 0 Å². The average molecular weight is 203 g/mol. The van der Waals surface area contributed by atoms with Crippen LogP contribution in [0.3, 0.4) is 0 Å². The minimum atomic E-state index is 0.650. The van der Waals surface area contributed by atoms with Crippen molar-refractivity contribution < 1.29 is 0 Å². The minimum absolute atomic E-state index is 0.650. The maximum Gasteiger partial charge on any atom is 0.0405 e. The summed E-state index contributed by atoms with van der Waals surface area (Å²) < 4.78 is 0. The fourth-order valence-corrected chi connectivity index (χ4v) is 2.74. The molecule has 1 aliphatic rings. The van der Waals surface area contributed by atoms with Gasteiger partial charge in [0.15, 0.2) is 0 Å². The van der Waals surface area contributed by atoms with Crippen molar-refractivity contribution in [2.75, 3.05) is 11.9 Å². The summed E-state index contributed by atoms with van der Waals surface area (Å²) in [5, 5.41) is 0. The molecule has 15 heavy (non-hydrogen) atoms. The lowest BCUT2D eigenvalue weighted by Gasteiger charge is -2.22. The van der Waals surface area contributed by atoms with Gasteiger partial charge in [-0.25, -0.2) is 0 Å². The Morgan fingerprint density at radius 3 is 2.60 bits per heavy atom. The number of aryl methyl sites for hydroxylation is 1. The average Bonchev–Trinajstić information content (AvgIpc) is 2.51. The van der Waals surface area contributed by atoms with Crippen molar-refractivity contribution in [2.24, 2.45) is 0 Å². The first-order valence-corrected chi connectivity index (χ1v) is 6.04. The van der Waals surface area contributed by atoms with Crippen LogP contribution in [-0.2, 0) is 6.42 Å². The van der Waals surface area contributed by atoms with Crippen LogP contribution in [0.25, 0.3) is 0 Å². The van der Waals surface area contributed by atoms with E-state index in [4.69, 9.17) is 0 Å². The van der Waals surface area contributed by atoms with E-state index in [-0.39, 0.29) is 0 Å². The van der Waals surface area contributed by atoms with E-state index in [1.807, 2.05) is 0 Å². The summed E-state index contributed by atoms with van der Waals surface area (Å²) in [5.41, 5.74) is 4.45. The lowest BCUT2D eigenvalue weighted by atomic mass is 9.93. The van der Waals surface area contributed by atoms with E-state index >= 15 is 0 Å². The van der Waals surface area contributed by atoms with Crippen LogP contribution in [0.5, 0.6) is 0 Å². The van der Waals surface area contributed by atoms with Crippen LogP contribution in [0.4, 0.5) is 5.69 Å². The zero-order chi connectivity index (χ0) is 11.0. The molecule has 2 rings (SSSR count). The molecule has 1 heterocycles. The van der Waals surface area contributed by atoms with Gasteiger partial charge < -0.3 is 4.90 Å². The molecule has 1 aliphatic heterocycles. The Labute approximate surface area is 93.1 Å². The maximum atomic E-state index is 2.43. The Bertz CT molecular complexity index is 356. The minimum Gasteiger partial charge on any atom is -0.371 e.